The summed E-state index contributed by atoms with van der Waals surface area (Å²) < 4.78 is 0. The molecule has 0 fully saturated rings. The molecular weight excluding hydrogens is 408 g/mol. The molecule has 0 aliphatic heterocycles. The molecule has 4 aromatic carbocycles. The van der Waals surface area contributed by atoms with Crippen molar-refractivity contribution in [2.24, 2.45) is 5.10 Å². The maximum absolute atomic E-state index is 13.4. The Bertz CT molecular complexity index is 1200. The summed E-state index contributed by atoms with van der Waals surface area (Å²) in [6.45, 7) is 0. The highest BCUT2D eigenvalue weighted by molar-refractivity contribution is 6.11. The third kappa shape index (κ3) is 5.14. The van der Waals surface area contributed by atoms with E-state index in [0.717, 1.165) is 11.1 Å². The van der Waals surface area contributed by atoms with Crippen LogP contribution in [0.25, 0.3) is 6.08 Å². The second kappa shape index (κ2) is 10.4. The first-order valence-electron chi connectivity index (χ1n) is 10.7. The fourth-order valence-corrected chi connectivity index (χ4v) is 3.53. The van der Waals surface area contributed by atoms with Crippen molar-refractivity contribution >= 4 is 17.7 Å². The van der Waals surface area contributed by atoms with Crippen molar-refractivity contribution in [1.82, 2.24) is 5.43 Å². The lowest BCUT2D eigenvalue weighted by Gasteiger charge is -2.27. The molecule has 0 aliphatic rings. The molecule has 4 aromatic rings. The summed E-state index contributed by atoms with van der Waals surface area (Å²) in [6, 6.07) is 37.2. The van der Waals surface area contributed by atoms with Crippen LogP contribution in [-0.2, 0) is 10.4 Å². The predicted octanol–water partition coefficient (Wildman–Crippen LogP) is 5.16. The highest BCUT2D eigenvalue weighted by atomic mass is 16.3. The van der Waals surface area contributed by atoms with Crippen molar-refractivity contribution in [3.63, 3.8) is 0 Å². The molecular formula is C29H24N2O2. The number of nitrogens with one attached hydrogen (secondary N) is 1. The van der Waals surface area contributed by atoms with Crippen LogP contribution in [0.2, 0.25) is 0 Å². The molecule has 0 saturated heterocycles. The van der Waals surface area contributed by atoms with Crippen molar-refractivity contribution in [1.29, 1.82) is 0 Å². The number of allylic oxidation sites excluding steroid dienone is 1. The molecule has 162 valence electrons. The summed E-state index contributed by atoms with van der Waals surface area (Å²) in [5.41, 5.74) is 4.06. The van der Waals surface area contributed by atoms with Gasteiger partial charge in [-0.15, -0.1) is 0 Å². The molecule has 0 aliphatic carbocycles. The Kier molecular flexibility index (Phi) is 6.88. The van der Waals surface area contributed by atoms with Gasteiger partial charge in [0.15, 0.2) is 5.60 Å². The van der Waals surface area contributed by atoms with Crippen LogP contribution in [0.4, 0.5) is 0 Å². The second-order valence-electron chi connectivity index (χ2n) is 7.49. The van der Waals surface area contributed by atoms with Crippen LogP contribution >= 0.6 is 0 Å². The lowest BCUT2D eigenvalue weighted by molar-refractivity contribution is -0.136. The number of hydrazone groups is 1. The fraction of sp³-hybridized carbons (Fsp3) is 0.0345. The molecule has 0 saturated carbocycles. The van der Waals surface area contributed by atoms with E-state index in [1.54, 1.807) is 48.5 Å². The van der Waals surface area contributed by atoms with Crippen molar-refractivity contribution in [3.8, 4) is 0 Å². The molecule has 2 N–H and O–H groups in total. The van der Waals surface area contributed by atoms with Crippen LogP contribution in [0.1, 0.15) is 22.3 Å². The summed E-state index contributed by atoms with van der Waals surface area (Å²) in [6.07, 6.45) is 3.77. The maximum Gasteiger partial charge on any atom is 0.281 e. The molecule has 0 aromatic heterocycles. The van der Waals surface area contributed by atoms with Crippen molar-refractivity contribution < 1.29 is 9.90 Å². The van der Waals surface area contributed by atoms with Gasteiger partial charge in [0.2, 0.25) is 0 Å². The van der Waals surface area contributed by atoms with Crippen LogP contribution in [0.3, 0.4) is 0 Å². The molecule has 4 rings (SSSR count). The topological polar surface area (TPSA) is 61.7 Å². The number of aliphatic hydroxyl groups is 1. The second-order valence-corrected chi connectivity index (χ2v) is 7.49. The molecule has 0 bridgehead atoms. The molecule has 0 radical (unpaired) electrons. The first-order valence-corrected chi connectivity index (χ1v) is 10.7. The van der Waals surface area contributed by atoms with Gasteiger partial charge in [-0.25, -0.2) is 5.43 Å². The molecule has 33 heavy (non-hydrogen) atoms. The van der Waals surface area contributed by atoms with Gasteiger partial charge < -0.3 is 5.11 Å². The van der Waals surface area contributed by atoms with Crippen LogP contribution in [-0.4, -0.2) is 16.7 Å². The number of rotatable bonds is 7. The fourth-order valence-electron chi connectivity index (χ4n) is 3.53. The minimum absolute atomic E-state index is 0.463. The predicted molar refractivity (Wildman–Crippen MR) is 132 cm³/mol. The molecule has 0 heterocycles. The number of hydrogen-bond donors (Lipinski definition) is 2. The zero-order valence-corrected chi connectivity index (χ0v) is 18.0. The lowest BCUT2D eigenvalue weighted by atomic mass is 9.85. The quantitative estimate of drug-likeness (QED) is 0.313. The van der Waals surface area contributed by atoms with E-state index in [-0.39, 0.29) is 0 Å². The monoisotopic (exact) mass is 432 g/mol. The number of benzene rings is 4. The van der Waals surface area contributed by atoms with Crippen molar-refractivity contribution in [3.05, 3.63) is 150 Å². The highest BCUT2D eigenvalue weighted by Crippen LogP contribution is 2.29. The molecule has 4 heteroatoms. The average molecular weight is 433 g/mol. The van der Waals surface area contributed by atoms with Crippen LogP contribution in [0.15, 0.2) is 133 Å². The minimum Gasteiger partial charge on any atom is -0.372 e. The van der Waals surface area contributed by atoms with E-state index in [1.165, 1.54) is 0 Å². The average Bonchev–Trinajstić information content (AvgIpc) is 2.90. The number of amides is 1. The van der Waals surface area contributed by atoms with E-state index >= 15 is 0 Å². The molecule has 0 spiro atoms. The van der Waals surface area contributed by atoms with Crippen LogP contribution in [0, 0.1) is 0 Å². The first kappa shape index (κ1) is 21.9. The van der Waals surface area contributed by atoms with Gasteiger partial charge in [0.25, 0.3) is 5.91 Å². The normalized spacial score (nSPS) is 12.0. The van der Waals surface area contributed by atoms with E-state index in [1.807, 2.05) is 84.9 Å². The Morgan fingerprint density at radius 3 is 1.67 bits per heavy atom. The first-order chi connectivity index (χ1) is 16.2. The maximum atomic E-state index is 13.4. The van der Waals surface area contributed by atoms with Gasteiger partial charge in [0.05, 0.1) is 5.71 Å². The van der Waals surface area contributed by atoms with E-state index in [0.29, 0.717) is 16.8 Å². The van der Waals surface area contributed by atoms with Crippen molar-refractivity contribution in [2.75, 3.05) is 0 Å². The number of carbonyl (C=O) groups is 1. The van der Waals surface area contributed by atoms with Crippen LogP contribution < -0.4 is 5.43 Å². The largest absolute Gasteiger partial charge is 0.372 e. The summed E-state index contributed by atoms with van der Waals surface area (Å²) in [7, 11) is 0. The van der Waals surface area contributed by atoms with Crippen molar-refractivity contribution in [2.45, 2.75) is 5.60 Å². The van der Waals surface area contributed by atoms with E-state index in [9.17, 15) is 9.90 Å². The van der Waals surface area contributed by atoms with Gasteiger partial charge in [-0.2, -0.15) is 5.10 Å². The number of nitrogens with zero attached hydrogens (tertiary/aromatic N) is 1. The van der Waals surface area contributed by atoms with Gasteiger partial charge >= 0.3 is 0 Å². The summed E-state index contributed by atoms with van der Waals surface area (Å²) in [4.78, 5) is 13.4. The zero-order valence-electron chi connectivity index (χ0n) is 18.0. The van der Waals surface area contributed by atoms with Gasteiger partial charge in [-0.1, -0.05) is 127 Å². The Morgan fingerprint density at radius 2 is 1.15 bits per heavy atom. The van der Waals surface area contributed by atoms with E-state index < -0.39 is 11.5 Å². The number of carbonyl (C=O) groups excluding carboxylic acids is 1. The Balaban J connectivity index is 1.69. The standard InChI is InChI=1S/C29H24N2O2/c32-28(29(33,25-17-9-3-10-18-25)26-19-11-4-12-20-26)31-30-27(24-15-7-2-8-16-24)22-21-23-13-5-1-6-14-23/h1-22,33H,(H,31,32). The Hall–Kier alpha value is -4.28. The molecule has 0 unspecified atom stereocenters. The van der Waals surface area contributed by atoms with Gasteiger partial charge in [0, 0.05) is 5.56 Å². The van der Waals surface area contributed by atoms with Crippen LogP contribution in [0.5, 0.6) is 0 Å². The molecule has 1 amide bonds. The minimum atomic E-state index is -1.89. The smallest absolute Gasteiger partial charge is 0.281 e. The lowest BCUT2D eigenvalue weighted by Crippen LogP contribution is -2.43. The number of hydrogen-bond acceptors (Lipinski definition) is 3. The molecule has 4 nitrogen and oxygen atoms in total. The Labute approximate surface area is 193 Å². The summed E-state index contributed by atoms with van der Waals surface area (Å²) in [5, 5.41) is 16.0. The zero-order chi connectivity index (χ0) is 22.9. The van der Waals surface area contributed by atoms with Gasteiger partial charge in [-0.05, 0) is 22.8 Å². The van der Waals surface area contributed by atoms with Gasteiger partial charge in [-0.3, -0.25) is 4.79 Å². The third-order valence-electron chi connectivity index (χ3n) is 5.29. The summed E-state index contributed by atoms with van der Waals surface area (Å²) in [5.74, 6) is -0.638. The Morgan fingerprint density at radius 1 is 0.697 bits per heavy atom. The third-order valence-corrected chi connectivity index (χ3v) is 5.29. The van der Waals surface area contributed by atoms with E-state index in [2.05, 4.69) is 10.5 Å². The van der Waals surface area contributed by atoms with Gasteiger partial charge in [0.1, 0.15) is 0 Å². The SMILES string of the molecule is O=C(NN=C(C=Cc1ccccc1)c1ccccc1)C(O)(c1ccccc1)c1ccccc1. The van der Waals surface area contributed by atoms with E-state index in [4.69, 9.17) is 0 Å². The molecule has 0 atom stereocenters. The highest BCUT2D eigenvalue weighted by Gasteiger charge is 2.39. The summed E-state index contributed by atoms with van der Waals surface area (Å²) >= 11 is 0.